The quantitative estimate of drug-likeness (QED) is 0.250. The Morgan fingerprint density at radius 3 is 2.12 bits per heavy atom. The van der Waals surface area contributed by atoms with Crippen molar-refractivity contribution in [2.24, 2.45) is 0 Å². The molecule has 0 saturated carbocycles. The van der Waals surface area contributed by atoms with Gasteiger partial charge in [-0.1, -0.05) is 74.8 Å². The Labute approximate surface area is 157 Å². The summed E-state index contributed by atoms with van der Waals surface area (Å²) in [4.78, 5) is 10.9. The molecule has 3 N–H and O–H groups in total. The van der Waals surface area contributed by atoms with Gasteiger partial charge in [0.2, 0.25) is 0 Å². The molecule has 5 nitrogen and oxygen atoms in total. The molecule has 0 aromatic heterocycles. The van der Waals surface area contributed by atoms with Gasteiger partial charge in [0.05, 0.1) is 25.4 Å². The minimum absolute atomic E-state index is 0.266. The zero-order chi connectivity index (χ0) is 19.6. The number of methoxy groups -OCH3 is 1. The Kier molecular flexibility index (Phi) is 15.7. The molecule has 0 aromatic rings. The van der Waals surface area contributed by atoms with E-state index in [1.165, 1.54) is 7.11 Å². The van der Waals surface area contributed by atoms with E-state index < -0.39 is 18.3 Å². The van der Waals surface area contributed by atoms with E-state index in [4.69, 9.17) is 0 Å². The predicted octanol–water partition coefficient (Wildman–Crippen LogP) is 3.22. The third kappa shape index (κ3) is 14.6. The lowest BCUT2D eigenvalue weighted by Crippen LogP contribution is -2.23. The zero-order valence-electron chi connectivity index (χ0n) is 16.0. The smallest absolute Gasteiger partial charge is 0.305 e. The van der Waals surface area contributed by atoms with Crippen LogP contribution in [0.25, 0.3) is 0 Å². The van der Waals surface area contributed by atoms with Crippen LogP contribution in [0.15, 0.2) is 48.6 Å². The molecule has 0 fully saturated rings. The maximum absolute atomic E-state index is 10.9. The number of esters is 1. The number of allylic oxidation sites excluding steroid dienone is 6. The van der Waals surface area contributed by atoms with Crippen LogP contribution in [-0.4, -0.2) is 46.7 Å². The summed E-state index contributed by atoms with van der Waals surface area (Å²) in [6, 6.07) is 0. The maximum Gasteiger partial charge on any atom is 0.305 e. The summed E-state index contributed by atoms with van der Waals surface area (Å²) < 4.78 is 4.53. The molecule has 5 heteroatoms. The van der Waals surface area contributed by atoms with Crippen molar-refractivity contribution in [1.29, 1.82) is 0 Å². The predicted molar refractivity (Wildman–Crippen MR) is 105 cm³/mol. The summed E-state index contributed by atoms with van der Waals surface area (Å²) in [5.74, 6) is -0.266. The van der Waals surface area contributed by atoms with E-state index >= 15 is 0 Å². The van der Waals surface area contributed by atoms with Crippen LogP contribution in [0.5, 0.6) is 0 Å². The monoisotopic (exact) mass is 366 g/mol. The van der Waals surface area contributed by atoms with E-state index in [2.05, 4.69) is 11.7 Å². The van der Waals surface area contributed by atoms with Crippen LogP contribution in [0.3, 0.4) is 0 Å². The lowest BCUT2D eigenvalue weighted by atomic mass is 10.1. The highest BCUT2D eigenvalue weighted by Gasteiger charge is 2.11. The van der Waals surface area contributed by atoms with Gasteiger partial charge in [0.25, 0.3) is 0 Å². The molecule has 0 aliphatic heterocycles. The highest BCUT2D eigenvalue weighted by atomic mass is 16.5. The third-order valence-corrected chi connectivity index (χ3v) is 3.80. The van der Waals surface area contributed by atoms with Gasteiger partial charge in [0, 0.05) is 6.42 Å². The van der Waals surface area contributed by atoms with E-state index in [1.807, 2.05) is 0 Å². The summed E-state index contributed by atoms with van der Waals surface area (Å²) in [6.07, 6.45) is 16.7. The summed E-state index contributed by atoms with van der Waals surface area (Å²) in [7, 11) is 1.35. The number of aliphatic hydroxyl groups excluding tert-OH is 3. The number of aliphatic hydroxyl groups is 3. The van der Waals surface area contributed by atoms with Crippen molar-refractivity contribution in [1.82, 2.24) is 0 Å². The van der Waals surface area contributed by atoms with Crippen LogP contribution in [0.1, 0.15) is 51.9 Å². The zero-order valence-corrected chi connectivity index (χ0v) is 16.0. The second-order valence-corrected chi connectivity index (χ2v) is 6.13. The van der Waals surface area contributed by atoms with Gasteiger partial charge in [-0.05, 0) is 19.3 Å². The second-order valence-electron chi connectivity index (χ2n) is 6.13. The molecule has 3 atom stereocenters. The average molecular weight is 366 g/mol. The lowest BCUT2D eigenvalue weighted by Gasteiger charge is -2.13. The fourth-order valence-corrected chi connectivity index (χ4v) is 2.18. The van der Waals surface area contributed by atoms with E-state index in [1.54, 1.807) is 48.6 Å². The number of unbranched alkanes of at least 4 members (excludes halogenated alkanes) is 2. The molecule has 148 valence electrons. The summed E-state index contributed by atoms with van der Waals surface area (Å²) in [5, 5.41) is 29.3. The molecule has 0 amide bonds. The van der Waals surface area contributed by atoms with Crippen molar-refractivity contribution >= 4 is 5.97 Å². The van der Waals surface area contributed by atoms with Crippen LogP contribution in [0.2, 0.25) is 0 Å². The minimum Gasteiger partial charge on any atom is -0.469 e. The van der Waals surface area contributed by atoms with Crippen molar-refractivity contribution in [2.75, 3.05) is 7.11 Å². The lowest BCUT2D eigenvalue weighted by molar-refractivity contribution is -0.140. The van der Waals surface area contributed by atoms with E-state index in [-0.39, 0.29) is 5.97 Å². The van der Waals surface area contributed by atoms with Crippen LogP contribution in [0.4, 0.5) is 0 Å². The number of hydrogen-bond acceptors (Lipinski definition) is 5. The van der Waals surface area contributed by atoms with Gasteiger partial charge in [-0.25, -0.2) is 0 Å². The van der Waals surface area contributed by atoms with Crippen LogP contribution in [0, 0.1) is 0 Å². The number of carbonyl (C=O) groups excluding carboxylic acids is 1. The van der Waals surface area contributed by atoms with Crippen molar-refractivity contribution in [3.05, 3.63) is 48.6 Å². The normalized spacial score (nSPS) is 16.0. The molecule has 0 bridgehead atoms. The third-order valence-electron chi connectivity index (χ3n) is 3.80. The topological polar surface area (TPSA) is 87.0 Å². The van der Waals surface area contributed by atoms with Crippen LogP contribution < -0.4 is 0 Å². The maximum atomic E-state index is 10.9. The Morgan fingerprint density at radius 2 is 1.50 bits per heavy atom. The minimum atomic E-state index is -0.847. The highest BCUT2D eigenvalue weighted by molar-refractivity contribution is 5.68. The molecule has 0 saturated heterocycles. The average Bonchev–Trinajstić information content (AvgIpc) is 2.63. The van der Waals surface area contributed by atoms with Gasteiger partial charge >= 0.3 is 5.97 Å². The first kappa shape index (κ1) is 24.3. The Bertz CT molecular complexity index is 465. The highest BCUT2D eigenvalue weighted by Crippen LogP contribution is 2.07. The van der Waals surface area contributed by atoms with Crippen LogP contribution in [-0.2, 0) is 9.53 Å². The van der Waals surface area contributed by atoms with Gasteiger partial charge in [-0.2, -0.15) is 0 Å². The summed E-state index contributed by atoms with van der Waals surface area (Å²) in [6.45, 7) is 2.10. The largest absolute Gasteiger partial charge is 0.469 e. The molecule has 0 aliphatic carbocycles. The summed E-state index contributed by atoms with van der Waals surface area (Å²) in [5.41, 5.74) is 0. The van der Waals surface area contributed by atoms with E-state index in [9.17, 15) is 20.1 Å². The number of carbonyl (C=O) groups is 1. The summed E-state index contributed by atoms with van der Waals surface area (Å²) >= 11 is 0. The first-order valence-electron chi connectivity index (χ1n) is 9.30. The van der Waals surface area contributed by atoms with Crippen molar-refractivity contribution < 1.29 is 24.9 Å². The van der Waals surface area contributed by atoms with Crippen molar-refractivity contribution in [2.45, 2.75) is 70.2 Å². The van der Waals surface area contributed by atoms with E-state index in [0.717, 1.165) is 19.3 Å². The van der Waals surface area contributed by atoms with Crippen molar-refractivity contribution in [3.63, 3.8) is 0 Å². The number of ether oxygens (including phenoxy) is 1. The fourth-order valence-electron chi connectivity index (χ4n) is 2.18. The Hall–Kier alpha value is -1.69. The molecule has 0 rings (SSSR count). The standard InChI is InChI=1S/C21H34O5/c1-3-4-9-15-19(23)20(24)16-11-8-6-5-7-10-13-18(22)14-12-17-21(25)26-2/h5-8,10-11,13,16,18-20,22-24H,3-4,9,12,14-15,17H2,1-2H3/b7-5-,8-6+,13-10-,16-11+/t18-,19+,20-/m1/s1. The fraction of sp³-hybridized carbons (Fsp3) is 0.571. The molecule has 0 heterocycles. The molecule has 0 aromatic carbocycles. The molecule has 0 unspecified atom stereocenters. The molecule has 0 aliphatic rings. The molecular formula is C21H34O5. The molecule has 0 radical (unpaired) electrons. The van der Waals surface area contributed by atoms with Gasteiger partial charge in [-0.15, -0.1) is 0 Å². The molecule has 0 spiro atoms. The van der Waals surface area contributed by atoms with Gasteiger partial charge in [0.1, 0.15) is 0 Å². The molecular weight excluding hydrogens is 332 g/mol. The van der Waals surface area contributed by atoms with Gasteiger partial charge in [0.15, 0.2) is 0 Å². The van der Waals surface area contributed by atoms with Crippen LogP contribution >= 0.6 is 0 Å². The SMILES string of the molecule is CCCCC[C@H](O)[C@H](O)/C=C/C=C/C=C\C=C/[C@@H](O)CCCC(=O)OC. The van der Waals surface area contributed by atoms with Gasteiger partial charge < -0.3 is 20.1 Å². The first-order chi connectivity index (χ1) is 12.5. The Morgan fingerprint density at radius 1 is 0.885 bits per heavy atom. The van der Waals surface area contributed by atoms with Crippen molar-refractivity contribution in [3.8, 4) is 0 Å². The second kappa shape index (κ2) is 16.8. The number of rotatable bonds is 14. The number of hydrogen-bond donors (Lipinski definition) is 3. The Balaban J connectivity index is 3.96. The first-order valence-corrected chi connectivity index (χ1v) is 9.30. The van der Waals surface area contributed by atoms with E-state index in [0.29, 0.717) is 25.7 Å². The van der Waals surface area contributed by atoms with Gasteiger partial charge in [-0.3, -0.25) is 4.79 Å². The molecule has 26 heavy (non-hydrogen) atoms.